The minimum Gasteiger partial charge on any atom is -0.795 e. The van der Waals surface area contributed by atoms with Crippen LogP contribution in [0.2, 0.25) is 0 Å². The molecule has 7 heteroatoms. The summed E-state index contributed by atoms with van der Waals surface area (Å²) in [6, 6.07) is 26.2. The number of carbonyl (C=O) groups is 2. The van der Waals surface area contributed by atoms with Crippen LogP contribution in [-0.2, 0) is 6.42 Å². The molecule has 0 saturated carbocycles. The Balaban J connectivity index is 0.00000274. The van der Waals surface area contributed by atoms with Crippen LogP contribution in [0, 0.1) is 0 Å². The topological polar surface area (TPSA) is 95.2 Å². The number of hydrogen-bond donors (Lipinski definition) is 2. The van der Waals surface area contributed by atoms with E-state index >= 15 is 0 Å². The molecule has 0 saturated heterocycles. The fourth-order valence-corrected chi connectivity index (χ4v) is 4.51. The van der Waals surface area contributed by atoms with Gasteiger partial charge in [0.15, 0.2) is 11.6 Å². The van der Waals surface area contributed by atoms with Crippen LogP contribution in [0.1, 0.15) is 43.0 Å². The zero-order chi connectivity index (χ0) is 22.9. The largest absolute Gasteiger partial charge is 1.00 e. The molecular formula is C27H19N2NaO3S. The van der Waals surface area contributed by atoms with Crippen LogP contribution < -0.4 is 40.6 Å². The third-order valence-corrected chi connectivity index (χ3v) is 6.29. The van der Waals surface area contributed by atoms with Gasteiger partial charge in [-0.1, -0.05) is 66.7 Å². The SMILES string of the molecule is Nc1c(S[O-])cc(Nc2ccc(Cc3ccccc3)cc2)c2c1C(=O)c1ccccc1C2=O.[Na+]. The molecule has 4 aromatic carbocycles. The molecule has 0 amide bonds. The van der Waals surface area contributed by atoms with Gasteiger partial charge in [0, 0.05) is 21.7 Å². The van der Waals surface area contributed by atoms with Gasteiger partial charge >= 0.3 is 29.6 Å². The first kappa shape index (κ1) is 24.3. The van der Waals surface area contributed by atoms with Crippen LogP contribution >= 0.6 is 12.0 Å². The Bertz CT molecular complexity index is 1390. The summed E-state index contributed by atoms with van der Waals surface area (Å²) in [5.74, 6) is -0.646. The Morgan fingerprint density at radius 3 is 1.94 bits per heavy atom. The van der Waals surface area contributed by atoms with E-state index in [4.69, 9.17) is 5.73 Å². The second kappa shape index (κ2) is 10.2. The van der Waals surface area contributed by atoms with E-state index in [0.29, 0.717) is 16.8 Å². The molecule has 34 heavy (non-hydrogen) atoms. The maximum Gasteiger partial charge on any atom is 1.00 e. The number of rotatable bonds is 5. The minimum atomic E-state index is -0.352. The van der Waals surface area contributed by atoms with E-state index in [1.54, 1.807) is 30.3 Å². The van der Waals surface area contributed by atoms with E-state index < -0.39 is 0 Å². The van der Waals surface area contributed by atoms with Gasteiger partial charge < -0.3 is 15.6 Å². The van der Waals surface area contributed by atoms with E-state index in [1.807, 2.05) is 42.5 Å². The van der Waals surface area contributed by atoms with Crippen LogP contribution in [0.15, 0.2) is 89.8 Å². The summed E-state index contributed by atoms with van der Waals surface area (Å²) in [6.45, 7) is 0. The fraction of sp³-hybridized carbons (Fsp3) is 0.0370. The molecule has 0 aromatic heterocycles. The van der Waals surface area contributed by atoms with E-state index in [2.05, 4.69) is 17.4 Å². The molecule has 5 rings (SSSR count). The van der Waals surface area contributed by atoms with Crippen molar-refractivity contribution < 1.29 is 43.7 Å². The van der Waals surface area contributed by atoms with Crippen molar-refractivity contribution >= 4 is 40.7 Å². The van der Waals surface area contributed by atoms with Crippen LogP contribution in [-0.4, -0.2) is 16.1 Å². The predicted molar refractivity (Wildman–Crippen MR) is 130 cm³/mol. The predicted octanol–water partition coefficient (Wildman–Crippen LogP) is 2.61. The molecule has 162 valence electrons. The standard InChI is InChI=1S/C27H20N2O3S.Na/c28-25-22(33-32)15-21(23-24(25)27(31)20-9-5-4-8-19(20)26(23)30)29-18-12-10-17(11-13-18)14-16-6-2-1-3-7-16;/h1-13,15,29,32H,14,28H2;/q;+1/p-1. The molecular weight excluding hydrogens is 455 g/mol. The third kappa shape index (κ3) is 4.43. The number of ketones is 2. The van der Waals surface area contributed by atoms with Gasteiger partial charge in [0.25, 0.3) is 0 Å². The maximum absolute atomic E-state index is 13.3. The Hall–Kier alpha value is -2.87. The first-order chi connectivity index (χ1) is 16.1. The summed E-state index contributed by atoms with van der Waals surface area (Å²) < 4.78 is 11.7. The van der Waals surface area contributed by atoms with Crippen molar-refractivity contribution in [2.24, 2.45) is 0 Å². The minimum absolute atomic E-state index is 0. The molecule has 0 atom stereocenters. The van der Waals surface area contributed by atoms with Gasteiger partial charge in [0.05, 0.1) is 22.5 Å². The average molecular weight is 475 g/mol. The number of carbonyl (C=O) groups excluding carboxylic acids is 2. The molecule has 5 nitrogen and oxygen atoms in total. The third-order valence-electron chi connectivity index (χ3n) is 5.77. The molecule has 1 aliphatic rings. The second-order valence-corrected chi connectivity index (χ2v) is 8.46. The summed E-state index contributed by atoms with van der Waals surface area (Å²) in [5.41, 5.74) is 10.6. The van der Waals surface area contributed by atoms with Gasteiger partial charge in [-0.25, -0.2) is 12.0 Å². The molecule has 0 aliphatic heterocycles. The van der Waals surface area contributed by atoms with Gasteiger partial charge in [-0.2, -0.15) is 0 Å². The number of fused-ring (bicyclic) bond motifs is 2. The zero-order valence-electron chi connectivity index (χ0n) is 18.5. The Morgan fingerprint density at radius 1 is 0.765 bits per heavy atom. The van der Waals surface area contributed by atoms with Crippen LogP contribution in [0.5, 0.6) is 0 Å². The zero-order valence-corrected chi connectivity index (χ0v) is 21.3. The first-order valence-corrected chi connectivity index (χ1v) is 11.2. The molecule has 4 aromatic rings. The van der Waals surface area contributed by atoms with Crippen molar-refractivity contribution in [3.05, 3.63) is 118 Å². The van der Waals surface area contributed by atoms with Crippen LogP contribution in [0.3, 0.4) is 0 Å². The van der Waals surface area contributed by atoms with Crippen molar-refractivity contribution in [3.63, 3.8) is 0 Å². The summed E-state index contributed by atoms with van der Waals surface area (Å²) in [7, 11) is 0. The molecule has 0 bridgehead atoms. The molecule has 0 fully saturated rings. The molecule has 0 spiro atoms. The Morgan fingerprint density at radius 2 is 1.32 bits per heavy atom. The maximum atomic E-state index is 13.3. The summed E-state index contributed by atoms with van der Waals surface area (Å²) >= 11 is 0.203. The van der Waals surface area contributed by atoms with E-state index in [9.17, 15) is 14.1 Å². The van der Waals surface area contributed by atoms with Crippen molar-refractivity contribution in [3.8, 4) is 0 Å². The molecule has 0 heterocycles. The Kier molecular flexibility index (Phi) is 7.26. The van der Waals surface area contributed by atoms with Crippen LogP contribution in [0.4, 0.5) is 17.1 Å². The number of nitrogen functional groups attached to an aromatic ring is 1. The summed E-state index contributed by atoms with van der Waals surface area (Å²) in [5, 5.41) is 3.23. The normalized spacial score (nSPS) is 11.9. The van der Waals surface area contributed by atoms with Crippen molar-refractivity contribution in [2.75, 3.05) is 11.1 Å². The smallest absolute Gasteiger partial charge is 0.795 e. The second-order valence-electron chi connectivity index (χ2n) is 7.86. The summed E-state index contributed by atoms with van der Waals surface area (Å²) in [4.78, 5) is 26.7. The van der Waals surface area contributed by atoms with Gasteiger partial charge in [-0.15, -0.1) is 0 Å². The van der Waals surface area contributed by atoms with Gasteiger partial charge in [-0.05, 0) is 35.7 Å². The quantitative estimate of drug-likeness (QED) is 0.231. The van der Waals surface area contributed by atoms with Crippen LogP contribution in [0.25, 0.3) is 0 Å². The van der Waals surface area contributed by atoms with Crippen molar-refractivity contribution in [1.82, 2.24) is 0 Å². The molecule has 0 radical (unpaired) electrons. The van der Waals surface area contributed by atoms with E-state index in [1.165, 1.54) is 5.56 Å². The number of anilines is 3. The fourth-order valence-electron chi connectivity index (χ4n) is 4.15. The van der Waals surface area contributed by atoms with E-state index in [-0.39, 0.29) is 74.9 Å². The first-order valence-electron chi connectivity index (χ1n) is 10.4. The number of hydrogen-bond acceptors (Lipinski definition) is 6. The van der Waals surface area contributed by atoms with Gasteiger partial charge in [0.1, 0.15) is 0 Å². The van der Waals surface area contributed by atoms with E-state index in [0.717, 1.165) is 17.7 Å². The molecule has 3 N–H and O–H groups in total. The average Bonchev–Trinajstić information content (AvgIpc) is 2.85. The van der Waals surface area contributed by atoms with Gasteiger partial charge in [-0.3, -0.25) is 9.59 Å². The number of nitrogens with one attached hydrogen (secondary N) is 1. The van der Waals surface area contributed by atoms with Gasteiger partial charge in [0.2, 0.25) is 0 Å². The van der Waals surface area contributed by atoms with Crippen molar-refractivity contribution in [1.29, 1.82) is 0 Å². The molecule has 0 unspecified atom stereocenters. The molecule has 1 aliphatic carbocycles. The monoisotopic (exact) mass is 474 g/mol. The Labute approximate surface area is 223 Å². The summed E-state index contributed by atoms with van der Waals surface area (Å²) in [6.07, 6.45) is 0.805. The van der Waals surface area contributed by atoms with Crippen molar-refractivity contribution in [2.45, 2.75) is 11.3 Å². The number of benzene rings is 4. The number of nitrogens with two attached hydrogens (primary N) is 1.